The van der Waals surface area contributed by atoms with Gasteiger partial charge in [-0.25, -0.2) is 4.79 Å². The van der Waals surface area contributed by atoms with Crippen LogP contribution in [0.3, 0.4) is 0 Å². The molecule has 4 aliphatic carbocycles. The number of hydrogen-bond donors (Lipinski definition) is 2. The molecule has 0 unspecified atom stereocenters. The molecule has 0 aromatic carbocycles. The Morgan fingerprint density at radius 1 is 1.12 bits per heavy atom. The zero-order valence-corrected chi connectivity index (χ0v) is 9.35. The number of imide groups is 1. The van der Waals surface area contributed by atoms with Crippen molar-refractivity contribution < 1.29 is 9.59 Å². The normalized spacial score (nSPS) is 60.5. The van der Waals surface area contributed by atoms with Gasteiger partial charge in [0.25, 0.3) is 5.91 Å². The van der Waals surface area contributed by atoms with Gasteiger partial charge in [0, 0.05) is 5.92 Å². The number of hydrogen-bond acceptors (Lipinski definition) is 2. The minimum absolute atomic E-state index is 0.0680. The number of carbonyl (C=O) groups is 2. The summed E-state index contributed by atoms with van der Waals surface area (Å²) in [5.41, 5.74) is -0.564. The molecule has 0 aromatic heterocycles. The van der Waals surface area contributed by atoms with E-state index in [1.54, 1.807) is 0 Å². The van der Waals surface area contributed by atoms with Crippen molar-refractivity contribution in [1.82, 2.24) is 10.6 Å². The molecular formula is C13H14N2O2. The molecule has 0 radical (unpaired) electrons. The largest absolute Gasteiger partial charge is 0.323 e. The maximum absolute atomic E-state index is 12.2. The van der Waals surface area contributed by atoms with E-state index in [2.05, 4.69) is 22.8 Å². The van der Waals surface area contributed by atoms with Crippen LogP contribution in [0.4, 0.5) is 4.79 Å². The topological polar surface area (TPSA) is 58.2 Å². The molecule has 7 atom stereocenters. The molecule has 3 saturated carbocycles. The van der Waals surface area contributed by atoms with E-state index in [0.29, 0.717) is 29.6 Å². The molecular weight excluding hydrogens is 216 g/mol. The van der Waals surface area contributed by atoms with Gasteiger partial charge < -0.3 is 5.32 Å². The molecule has 5 rings (SSSR count). The lowest BCUT2D eigenvalue weighted by atomic mass is 9.75. The van der Waals surface area contributed by atoms with Gasteiger partial charge in [-0.05, 0) is 42.4 Å². The van der Waals surface area contributed by atoms with Crippen LogP contribution >= 0.6 is 0 Å². The second kappa shape index (κ2) is 2.28. The quantitative estimate of drug-likeness (QED) is 0.474. The predicted octanol–water partition coefficient (Wildman–Crippen LogP) is 0.653. The molecule has 1 saturated heterocycles. The average molecular weight is 230 g/mol. The van der Waals surface area contributed by atoms with Gasteiger partial charge in [0.05, 0.1) is 0 Å². The lowest BCUT2D eigenvalue weighted by molar-refractivity contribution is -0.125. The van der Waals surface area contributed by atoms with Crippen molar-refractivity contribution in [2.75, 3.05) is 0 Å². The summed E-state index contributed by atoms with van der Waals surface area (Å²) in [7, 11) is 0. The highest BCUT2D eigenvalue weighted by atomic mass is 16.2. The van der Waals surface area contributed by atoms with Crippen molar-refractivity contribution in [1.29, 1.82) is 0 Å². The molecule has 3 amide bonds. The van der Waals surface area contributed by atoms with Crippen molar-refractivity contribution in [3.05, 3.63) is 12.2 Å². The summed E-state index contributed by atoms with van der Waals surface area (Å²) in [6, 6.07) is -0.292. The molecule has 88 valence electrons. The lowest BCUT2D eigenvalue weighted by Gasteiger charge is -2.32. The third kappa shape index (κ3) is 0.709. The Hall–Kier alpha value is -1.32. The van der Waals surface area contributed by atoms with E-state index in [1.165, 1.54) is 6.42 Å². The summed E-state index contributed by atoms with van der Waals surface area (Å²) in [6.07, 6.45) is 6.82. The van der Waals surface area contributed by atoms with Gasteiger partial charge in [0.15, 0.2) is 0 Å². The summed E-state index contributed by atoms with van der Waals surface area (Å²) in [5.74, 6) is 3.57. The van der Waals surface area contributed by atoms with Crippen LogP contribution in [0, 0.1) is 35.5 Å². The van der Waals surface area contributed by atoms with E-state index in [4.69, 9.17) is 0 Å². The standard InChI is InChI=1S/C13H14N2O2/c16-11-13(15-12(17)14-11)4-9-5-1-2-6-7(5)3-8(9)10(6)13/h1-2,5-10H,3-4H2,(H2,14,15,16,17)/t5-,6+,7-,8+,9-,10+,13+/m1/s1. The first kappa shape index (κ1) is 8.72. The number of fused-ring (bicyclic) bond motifs is 3. The number of carbonyl (C=O) groups excluding carboxylic acids is 2. The van der Waals surface area contributed by atoms with Gasteiger partial charge in [-0.2, -0.15) is 0 Å². The third-order valence-corrected chi connectivity index (χ3v) is 6.10. The van der Waals surface area contributed by atoms with Gasteiger partial charge >= 0.3 is 6.03 Å². The third-order valence-electron chi connectivity index (χ3n) is 6.10. The second-order valence-electron chi connectivity index (χ2n) is 6.38. The number of nitrogens with one attached hydrogen (secondary N) is 2. The molecule has 1 aliphatic heterocycles. The minimum atomic E-state index is -0.564. The molecule has 0 aromatic rings. The Morgan fingerprint density at radius 3 is 2.71 bits per heavy atom. The number of allylic oxidation sites excluding steroid dienone is 2. The highest BCUT2D eigenvalue weighted by molar-refractivity contribution is 6.07. The number of rotatable bonds is 0. The van der Waals surface area contributed by atoms with Gasteiger partial charge in [-0.3, -0.25) is 10.1 Å². The predicted molar refractivity (Wildman–Crippen MR) is 58.7 cm³/mol. The smallest absolute Gasteiger partial charge is 0.322 e. The lowest BCUT2D eigenvalue weighted by Crippen LogP contribution is -2.52. The average Bonchev–Trinajstić information content (AvgIpc) is 2.90. The van der Waals surface area contributed by atoms with Crippen LogP contribution in [0.25, 0.3) is 0 Å². The first-order valence-corrected chi connectivity index (χ1v) is 6.53. The Bertz CT molecular complexity index is 500. The van der Waals surface area contributed by atoms with Crippen molar-refractivity contribution >= 4 is 11.9 Å². The Kier molecular flexibility index (Phi) is 1.17. The van der Waals surface area contributed by atoms with Crippen molar-refractivity contribution in [3.8, 4) is 0 Å². The second-order valence-corrected chi connectivity index (χ2v) is 6.38. The summed E-state index contributed by atoms with van der Waals surface area (Å²) in [4.78, 5) is 23.6. The molecule has 2 bridgehead atoms. The molecule has 5 aliphatic rings. The minimum Gasteiger partial charge on any atom is -0.323 e. The first-order chi connectivity index (χ1) is 8.21. The highest BCUT2D eigenvalue weighted by Crippen LogP contribution is 2.71. The van der Waals surface area contributed by atoms with Crippen molar-refractivity contribution in [3.63, 3.8) is 0 Å². The molecule has 4 fully saturated rings. The summed E-state index contributed by atoms with van der Waals surface area (Å²) in [6.45, 7) is 0. The Morgan fingerprint density at radius 2 is 1.94 bits per heavy atom. The van der Waals surface area contributed by atoms with Crippen LogP contribution in [0.5, 0.6) is 0 Å². The zero-order valence-electron chi connectivity index (χ0n) is 9.35. The van der Waals surface area contributed by atoms with Crippen LogP contribution in [0.1, 0.15) is 12.8 Å². The van der Waals surface area contributed by atoms with E-state index in [1.807, 2.05) is 0 Å². The molecule has 2 N–H and O–H groups in total. The number of amides is 3. The maximum atomic E-state index is 12.2. The van der Waals surface area contributed by atoms with Gasteiger partial charge in [-0.1, -0.05) is 12.2 Å². The maximum Gasteiger partial charge on any atom is 0.322 e. The van der Waals surface area contributed by atoms with Crippen LogP contribution in [0.15, 0.2) is 12.2 Å². The Balaban J connectivity index is 1.70. The van der Waals surface area contributed by atoms with E-state index >= 15 is 0 Å². The van der Waals surface area contributed by atoms with Gasteiger partial charge in [-0.15, -0.1) is 0 Å². The van der Waals surface area contributed by atoms with Gasteiger partial charge in [0.1, 0.15) is 5.54 Å². The monoisotopic (exact) mass is 230 g/mol. The van der Waals surface area contributed by atoms with Crippen LogP contribution < -0.4 is 10.6 Å². The van der Waals surface area contributed by atoms with Crippen LogP contribution in [-0.2, 0) is 4.79 Å². The van der Waals surface area contributed by atoms with E-state index in [-0.39, 0.29) is 11.9 Å². The Labute approximate surface area is 98.8 Å². The van der Waals surface area contributed by atoms with Crippen LogP contribution in [0.2, 0.25) is 0 Å². The fourth-order valence-corrected chi connectivity index (χ4v) is 5.81. The first-order valence-electron chi connectivity index (χ1n) is 6.53. The molecule has 1 spiro atoms. The SMILES string of the molecule is O=C1NC(=O)[C@@]2(C[C@@H]3[C@@H]4C=C[C@H]5[C@@H]4C[C@@H]3[C@H]52)N1. The fourth-order valence-electron chi connectivity index (χ4n) is 5.81. The molecule has 1 heterocycles. The summed E-state index contributed by atoms with van der Waals surface area (Å²) >= 11 is 0. The zero-order chi connectivity index (χ0) is 11.4. The van der Waals surface area contributed by atoms with Crippen molar-refractivity contribution in [2.24, 2.45) is 35.5 Å². The summed E-state index contributed by atoms with van der Waals surface area (Å²) < 4.78 is 0. The van der Waals surface area contributed by atoms with Crippen LogP contribution in [-0.4, -0.2) is 17.5 Å². The van der Waals surface area contributed by atoms with E-state index in [0.717, 1.165) is 12.3 Å². The van der Waals surface area contributed by atoms with Crippen molar-refractivity contribution in [2.45, 2.75) is 18.4 Å². The molecule has 4 heteroatoms. The van der Waals surface area contributed by atoms with E-state index in [9.17, 15) is 9.59 Å². The molecule has 4 nitrogen and oxygen atoms in total. The van der Waals surface area contributed by atoms with E-state index < -0.39 is 5.54 Å². The fraction of sp³-hybridized carbons (Fsp3) is 0.692. The van der Waals surface area contributed by atoms with Gasteiger partial charge in [0.2, 0.25) is 0 Å². The summed E-state index contributed by atoms with van der Waals surface area (Å²) in [5, 5.41) is 5.41. The molecule has 17 heavy (non-hydrogen) atoms. The highest BCUT2D eigenvalue weighted by Gasteiger charge is 2.73. The number of urea groups is 1.